The van der Waals surface area contributed by atoms with Crippen LogP contribution in [-0.4, -0.2) is 36.1 Å². The van der Waals surface area contributed by atoms with Crippen LogP contribution >= 0.6 is 0 Å². The maximum absolute atomic E-state index is 11.8. The summed E-state index contributed by atoms with van der Waals surface area (Å²) in [6, 6.07) is 9.65. The second-order valence-electron chi connectivity index (χ2n) is 4.81. The van der Waals surface area contributed by atoms with Crippen LogP contribution in [-0.2, 0) is 0 Å². The minimum atomic E-state index is -0.459. The quantitative estimate of drug-likeness (QED) is 0.515. The first-order chi connectivity index (χ1) is 11.0. The molecule has 8 nitrogen and oxygen atoms in total. The molecule has 0 aliphatic heterocycles. The molecule has 1 aromatic carbocycles. The lowest BCUT2D eigenvalue weighted by Crippen LogP contribution is -2.18. The number of nitro benzene ring substituents is 1. The van der Waals surface area contributed by atoms with Crippen LogP contribution in [0, 0.1) is 10.1 Å². The van der Waals surface area contributed by atoms with E-state index in [1.54, 1.807) is 49.3 Å². The molecule has 0 saturated heterocycles. The zero-order valence-electron chi connectivity index (χ0n) is 12.6. The number of rotatable bonds is 5. The Hall–Kier alpha value is -3.29. The van der Waals surface area contributed by atoms with Crippen molar-refractivity contribution in [1.82, 2.24) is 10.4 Å². The van der Waals surface area contributed by atoms with Crippen molar-refractivity contribution in [2.24, 2.45) is 5.10 Å². The number of aromatic nitrogens is 1. The predicted molar refractivity (Wildman–Crippen MR) is 86.7 cm³/mol. The first-order valence-electron chi connectivity index (χ1n) is 6.69. The number of anilines is 1. The van der Waals surface area contributed by atoms with Crippen LogP contribution in [0.25, 0.3) is 0 Å². The molecule has 0 bridgehead atoms. The van der Waals surface area contributed by atoms with Crippen molar-refractivity contribution in [3.05, 3.63) is 64.0 Å². The van der Waals surface area contributed by atoms with Gasteiger partial charge < -0.3 is 4.90 Å². The highest BCUT2D eigenvalue weighted by molar-refractivity contribution is 5.93. The SMILES string of the molecule is CN(C)c1ccc(/C=N\NC(=O)c2ccccn2)cc1[N+](=O)[O-]. The Morgan fingerprint density at radius 1 is 1.35 bits per heavy atom. The van der Waals surface area contributed by atoms with E-state index in [9.17, 15) is 14.9 Å². The van der Waals surface area contributed by atoms with Crippen LogP contribution in [0.15, 0.2) is 47.7 Å². The molecule has 8 heteroatoms. The van der Waals surface area contributed by atoms with E-state index in [4.69, 9.17) is 0 Å². The number of carbonyl (C=O) groups is 1. The smallest absolute Gasteiger partial charge is 0.293 e. The highest BCUT2D eigenvalue weighted by Gasteiger charge is 2.15. The van der Waals surface area contributed by atoms with Crippen LogP contribution in [0.4, 0.5) is 11.4 Å². The van der Waals surface area contributed by atoms with E-state index >= 15 is 0 Å². The van der Waals surface area contributed by atoms with Crippen LogP contribution < -0.4 is 10.3 Å². The molecule has 118 valence electrons. The van der Waals surface area contributed by atoms with Gasteiger partial charge in [0.1, 0.15) is 11.4 Å². The molecule has 1 aromatic heterocycles. The second-order valence-corrected chi connectivity index (χ2v) is 4.81. The summed E-state index contributed by atoms with van der Waals surface area (Å²) < 4.78 is 0. The van der Waals surface area contributed by atoms with Gasteiger partial charge in [0, 0.05) is 31.9 Å². The molecule has 0 unspecified atom stereocenters. The van der Waals surface area contributed by atoms with Gasteiger partial charge >= 0.3 is 0 Å². The topological polar surface area (TPSA) is 101 Å². The average molecular weight is 313 g/mol. The zero-order valence-corrected chi connectivity index (χ0v) is 12.6. The molecule has 0 radical (unpaired) electrons. The number of pyridine rings is 1. The Labute approximate surface area is 132 Å². The summed E-state index contributed by atoms with van der Waals surface area (Å²) in [5.41, 5.74) is 3.52. The minimum absolute atomic E-state index is 0.0324. The van der Waals surface area contributed by atoms with Crippen molar-refractivity contribution in [2.75, 3.05) is 19.0 Å². The van der Waals surface area contributed by atoms with Gasteiger partial charge in [0.25, 0.3) is 11.6 Å². The summed E-state index contributed by atoms with van der Waals surface area (Å²) in [6.07, 6.45) is 2.84. The number of nitro groups is 1. The maximum atomic E-state index is 11.8. The summed E-state index contributed by atoms with van der Waals surface area (Å²) in [5.74, 6) is -0.457. The van der Waals surface area contributed by atoms with Crippen LogP contribution in [0.5, 0.6) is 0 Å². The highest BCUT2D eigenvalue weighted by atomic mass is 16.6. The third-order valence-electron chi connectivity index (χ3n) is 2.96. The molecular weight excluding hydrogens is 298 g/mol. The fourth-order valence-electron chi connectivity index (χ4n) is 1.86. The molecule has 0 atom stereocenters. The number of carbonyl (C=O) groups excluding carboxylic acids is 1. The van der Waals surface area contributed by atoms with Gasteiger partial charge in [-0.25, -0.2) is 5.43 Å². The van der Waals surface area contributed by atoms with Gasteiger partial charge in [0.15, 0.2) is 0 Å². The third kappa shape index (κ3) is 4.10. The van der Waals surface area contributed by atoms with E-state index in [2.05, 4.69) is 15.5 Å². The predicted octanol–water partition coefficient (Wildman–Crippen LogP) is 1.82. The third-order valence-corrected chi connectivity index (χ3v) is 2.96. The van der Waals surface area contributed by atoms with E-state index in [1.165, 1.54) is 18.5 Å². The monoisotopic (exact) mass is 313 g/mol. The molecule has 0 aliphatic rings. The fraction of sp³-hybridized carbons (Fsp3) is 0.133. The molecule has 1 heterocycles. The fourth-order valence-corrected chi connectivity index (χ4v) is 1.86. The van der Waals surface area contributed by atoms with E-state index in [1.807, 2.05) is 0 Å². The van der Waals surface area contributed by atoms with E-state index < -0.39 is 10.8 Å². The van der Waals surface area contributed by atoms with Crippen molar-refractivity contribution in [2.45, 2.75) is 0 Å². The first-order valence-corrected chi connectivity index (χ1v) is 6.69. The lowest BCUT2D eigenvalue weighted by Gasteiger charge is -2.12. The lowest BCUT2D eigenvalue weighted by molar-refractivity contribution is -0.384. The van der Waals surface area contributed by atoms with Crippen LogP contribution in [0.1, 0.15) is 16.1 Å². The highest BCUT2D eigenvalue weighted by Crippen LogP contribution is 2.27. The van der Waals surface area contributed by atoms with Crippen molar-refractivity contribution >= 4 is 23.5 Å². The number of benzene rings is 1. The Morgan fingerprint density at radius 3 is 2.74 bits per heavy atom. The molecule has 23 heavy (non-hydrogen) atoms. The Balaban J connectivity index is 2.12. The van der Waals surface area contributed by atoms with Crippen molar-refractivity contribution in [3.8, 4) is 0 Å². The van der Waals surface area contributed by atoms with Crippen molar-refractivity contribution in [3.63, 3.8) is 0 Å². The van der Waals surface area contributed by atoms with Gasteiger partial charge in [0.05, 0.1) is 11.1 Å². The van der Waals surface area contributed by atoms with Crippen molar-refractivity contribution < 1.29 is 9.72 Å². The van der Waals surface area contributed by atoms with Gasteiger partial charge in [-0.05, 0) is 18.2 Å². The molecule has 0 aliphatic carbocycles. The van der Waals surface area contributed by atoms with Gasteiger partial charge in [-0.3, -0.25) is 19.9 Å². The number of nitrogens with zero attached hydrogens (tertiary/aromatic N) is 4. The largest absolute Gasteiger partial charge is 0.372 e. The second kappa shape index (κ2) is 7.12. The Kier molecular flexibility index (Phi) is 4.98. The number of hydrogen-bond acceptors (Lipinski definition) is 6. The van der Waals surface area contributed by atoms with E-state index in [0.717, 1.165) is 0 Å². The average Bonchev–Trinajstić information content (AvgIpc) is 2.55. The van der Waals surface area contributed by atoms with Crippen LogP contribution in [0.2, 0.25) is 0 Å². The summed E-state index contributed by atoms with van der Waals surface area (Å²) in [7, 11) is 3.45. The normalized spacial score (nSPS) is 10.5. The van der Waals surface area contributed by atoms with Gasteiger partial charge in [-0.1, -0.05) is 12.1 Å². The van der Waals surface area contributed by atoms with E-state index in [-0.39, 0.29) is 11.4 Å². The molecule has 0 spiro atoms. The van der Waals surface area contributed by atoms with Crippen LogP contribution in [0.3, 0.4) is 0 Å². The Bertz CT molecular complexity index is 744. The zero-order chi connectivity index (χ0) is 16.8. The molecule has 2 rings (SSSR count). The lowest BCUT2D eigenvalue weighted by atomic mass is 10.2. The van der Waals surface area contributed by atoms with E-state index in [0.29, 0.717) is 11.3 Å². The summed E-state index contributed by atoms with van der Waals surface area (Å²) in [5, 5.41) is 14.9. The number of nitrogens with one attached hydrogen (secondary N) is 1. The molecule has 1 amide bonds. The van der Waals surface area contributed by atoms with Gasteiger partial charge in [-0.15, -0.1) is 0 Å². The minimum Gasteiger partial charge on any atom is -0.372 e. The van der Waals surface area contributed by atoms with Gasteiger partial charge in [-0.2, -0.15) is 5.10 Å². The molecule has 0 saturated carbocycles. The van der Waals surface area contributed by atoms with Crippen molar-refractivity contribution in [1.29, 1.82) is 0 Å². The summed E-state index contributed by atoms with van der Waals surface area (Å²) in [4.78, 5) is 27.9. The number of hydrazone groups is 1. The molecular formula is C15H15N5O3. The summed E-state index contributed by atoms with van der Waals surface area (Å²) >= 11 is 0. The summed E-state index contributed by atoms with van der Waals surface area (Å²) in [6.45, 7) is 0. The molecule has 1 N–H and O–H groups in total. The first kappa shape index (κ1) is 16.1. The number of amides is 1. The molecule has 2 aromatic rings. The number of hydrogen-bond donors (Lipinski definition) is 1. The van der Waals surface area contributed by atoms with Gasteiger partial charge in [0.2, 0.25) is 0 Å². The standard InChI is InChI=1S/C15H15N5O3/c1-19(2)13-7-6-11(9-14(13)20(22)23)10-17-18-15(21)12-5-3-4-8-16-12/h3-10H,1-2H3,(H,18,21)/b17-10-. The molecule has 0 fully saturated rings. The maximum Gasteiger partial charge on any atom is 0.293 e. The Morgan fingerprint density at radius 2 is 2.13 bits per heavy atom.